The summed E-state index contributed by atoms with van der Waals surface area (Å²) >= 11 is 0. The van der Waals surface area contributed by atoms with Crippen molar-refractivity contribution in [3.05, 3.63) is 17.7 Å². The topological polar surface area (TPSA) is 81.4 Å². The summed E-state index contributed by atoms with van der Waals surface area (Å²) in [4.78, 5) is 0.158. The van der Waals surface area contributed by atoms with Gasteiger partial charge in [-0.3, -0.25) is 0 Å². The molecular weight excluding hydrogens is 252 g/mol. The van der Waals surface area contributed by atoms with Gasteiger partial charge in [-0.05, 0) is 37.0 Å². The Bertz CT molecular complexity index is 540. The van der Waals surface area contributed by atoms with Crippen LogP contribution in [-0.4, -0.2) is 21.6 Å². The fraction of sp³-hybridized carbons (Fsp3) is 0.500. The summed E-state index contributed by atoms with van der Waals surface area (Å²) < 4.78 is 32.4. The summed E-state index contributed by atoms with van der Waals surface area (Å²) in [6.07, 6.45) is 2.43. The summed E-state index contributed by atoms with van der Waals surface area (Å²) in [6, 6.07) is 3.25. The smallest absolute Gasteiger partial charge is 0.244 e. The minimum atomic E-state index is -3.54. The van der Waals surface area contributed by atoms with Crippen LogP contribution in [0.5, 0.6) is 5.75 Å². The van der Waals surface area contributed by atoms with Crippen LogP contribution in [0.3, 0.4) is 0 Å². The average molecular weight is 270 g/mol. The van der Waals surface area contributed by atoms with Gasteiger partial charge in [-0.2, -0.15) is 0 Å². The van der Waals surface area contributed by atoms with Crippen LogP contribution in [0.25, 0.3) is 0 Å². The highest BCUT2D eigenvalue weighted by molar-refractivity contribution is 7.89. The molecule has 1 aliphatic heterocycles. The van der Waals surface area contributed by atoms with E-state index in [-0.39, 0.29) is 4.90 Å². The average Bonchev–Trinajstić information content (AvgIpc) is 2.35. The van der Waals surface area contributed by atoms with Gasteiger partial charge < -0.3 is 10.5 Å². The molecule has 0 spiro atoms. The van der Waals surface area contributed by atoms with Crippen LogP contribution < -0.4 is 15.2 Å². The number of sulfonamides is 1. The third-order valence-electron chi connectivity index (χ3n) is 2.82. The molecule has 1 aromatic carbocycles. The van der Waals surface area contributed by atoms with E-state index < -0.39 is 10.0 Å². The van der Waals surface area contributed by atoms with E-state index in [2.05, 4.69) is 4.72 Å². The van der Waals surface area contributed by atoms with Gasteiger partial charge in [-0.25, -0.2) is 13.1 Å². The molecule has 0 amide bonds. The fourth-order valence-corrected chi connectivity index (χ4v) is 3.34. The number of rotatable bonds is 4. The third-order valence-corrected chi connectivity index (χ3v) is 4.29. The van der Waals surface area contributed by atoms with E-state index in [4.69, 9.17) is 10.5 Å². The second-order valence-corrected chi connectivity index (χ2v) is 6.09. The molecule has 1 aromatic rings. The lowest BCUT2D eigenvalue weighted by Gasteiger charge is -2.21. The minimum absolute atomic E-state index is 0.158. The number of hydrogen-bond donors (Lipinski definition) is 2. The monoisotopic (exact) mass is 270 g/mol. The first-order valence-electron chi connectivity index (χ1n) is 6.09. The summed E-state index contributed by atoms with van der Waals surface area (Å²) in [7, 11) is -3.54. The predicted molar refractivity (Wildman–Crippen MR) is 70.1 cm³/mol. The Morgan fingerprint density at radius 3 is 2.94 bits per heavy atom. The minimum Gasteiger partial charge on any atom is -0.492 e. The molecule has 1 aliphatic rings. The SMILES string of the molecule is CCCNS(=O)(=O)c1cc(N)cc2c1OCCC2. The van der Waals surface area contributed by atoms with Crippen molar-refractivity contribution in [3.8, 4) is 5.75 Å². The van der Waals surface area contributed by atoms with Crippen LogP contribution in [0, 0.1) is 0 Å². The summed E-state index contributed by atoms with van der Waals surface area (Å²) in [6.45, 7) is 2.87. The number of benzene rings is 1. The number of aryl methyl sites for hydroxylation is 1. The van der Waals surface area contributed by atoms with Crippen molar-refractivity contribution < 1.29 is 13.2 Å². The Hall–Kier alpha value is -1.27. The lowest BCUT2D eigenvalue weighted by molar-refractivity contribution is 0.280. The third kappa shape index (κ3) is 2.59. The van der Waals surface area contributed by atoms with E-state index in [1.54, 1.807) is 6.07 Å². The molecule has 6 heteroatoms. The van der Waals surface area contributed by atoms with E-state index in [0.29, 0.717) is 24.6 Å². The summed E-state index contributed by atoms with van der Waals surface area (Å²) in [5.41, 5.74) is 7.09. The van der Waals surface area contributed by atoms with Crippen LogP contribution in [0.1, 0.15) is 25.3 Å². The second kappa shape index (κ2) is 5.16. The van der Waals surface area contributed by atoms with Crippen molar-refractivity contribution in [1.82, 2.24) is 4.72 Å². The number of nitrogens with one attached hydrogen (secondary N) is 1. The number of nitrogens with two attached hydrogens (primary N) is 1. The Kier molecular flexibility index (Phi) is 3.77. The maximum Gasteiger partial charge on any atom is 0.244 e. The van der Waals surface area contributed by atoms with Gasteiger partial charge in [0.2, 0.25) is 10.0 Å². The molecular formula is C12H18N2O3S. The molecule has 0 saturated carbocycles. The molecule has 0 bridgehead atoms. The van der Waals surface area contributed by atoms with E-state index in [1.807, 2.05) is 6.92 Å². The van der Waals surface area contributed by atoms with Crippen LogP contribution >= 0.6 is 0 Å². The molecule has 100 valence electrons. The van der Waals surface area contributed by atoms with Gasteiger partial charge in [-0.15, -0.1) is 0 Å². The quantitative estimate of drug-likeness (QED) is 0.808. The van der Waals surface area contributed by atoms with E-state index >= 15 is 0 Å². The van der Waals surface area contributed by atoms with Crippen molar-refractivity contribution in [1.29, 1.82) is 0 Å². The van der Waals surface area contributed by atoms with Gasteiger partial charge in [0.25, 0.3) is 0 Å². The fourth-order valence-electron chi connectivity index (χ4n) is 1.98. The van der Waals surface area contributed by atoms with Crippen LogP contribution in [0.15, 0.2) is 17.0 Å². The molecule has 2 rings (SSSR count). The molecule has 0 atom stereocenters. The number of anilines is 1. The first-order chi connectivity index (χ1) is 8.54. The van der Waals surface area contributed by atoms with Crippen molar-refractivity contribution >= 4 is 15.7 Å². The number of fused-ring (bicyclic) bond motifs is 1. The molecule has 3 N–H and O–H groups in total. The first kappa shape index (κ1) is 13.2. The van der Waals surface area contributed by atoms with Crippen molar-refractivity contribution in [2.45, 2.75) is 31.1 Å². The van der Waals surface area contributed by atoms with Gasteiger partial charge in [-0.1, -0.05) is 6.92 Å². The van der Waals surface area contributed by atoms with Gasteiger partial charge in [0.1, 0.15) is 10.6 Å². The Morgan fingerprint density at radius 2 is 2.22 bits per heavy atom. The predicted octanol–water partition coefficient (Wildman–Crippen LogP) is 1.28. The van der Waals surface area contributed by atoms with Crippen molar-refractivity contribution in [3.63, 3.8) is 0 Å². The van der Waals surface area contributed by atoms with Crippen LogP contribution in [0.4, 0.5) is 5.69 Å². The maximum absolute atomic E-state index is 12.2. The van der Waals surface area contributed by atoms with E-state index in [1.165, 1.54) is 6.07 Å². The first-order valence-corrected chi connectivity index (χ1v) is 7.58. The highest BCUT2D eigenvalue weighted by atomic mass is 32.2. The summed E-state index contributed by atoms with van der Waals surface area (Å²) in [5.74, 6) is 0.457. The van der Waals surface area contributed by atoms with Crippen LogP contribution in [-0.2, 0) is 16.4 Å². The largest absolute Gasteiger partial charge is 0.492 e. The Labute approximate surface area is 107 Å². The summed E-state index contributed by atoms with van der Waals surface area (Å²) in [5, 5.41) is 0. The Morgan fingerprint density at radius 1 is 1.44 bits per heavy atom. The maximum atomic E-state index is 12.2. The standard InChI is InChI=1S/C12H18N2O3S/c1-2-5-14-18(15,16)11-8-10(13)7-9-4-3-6-17-12(9)11/h7-8,14H,2-6,13H2,1H3. The number of nitrogen functional groups attached to an aromatic ring is 1. The van der Waals surface area contributed by atoms with Crippen LogP contribution in [0.2, 0.25) is 0 Å². The van der Waals surface area contributed by atoms with Crippen molar-refractivity contribution in [2.75, 3.05) is 18.9 Å². The number of ether oxygens (including phenoxy) is 1. The zero-order valence-corrected chi connectivity index (χ0v) is 11.2. The highest BCUT2D eigenvalue weighted by Crippen LogP contribution is 2.34. The molecule has 1 heterocycles. The normalized spacial score (nSPS) is 14.9. The van der Waals surface area contributed by atoms with Crippen molar-refractivity contribution in [2.24, 2.45) is 0 Å². The van der Waals surface area contributed by atoms with Gasteiger partial charge in [0.05, 0.1) is 6.61 Å². The van der Waals surface area contributed by atoms with Gasteiger partial charge in [0, 0.05) is 12.2 Å². The second-order valence-electron chi connectivity index (χ2n) is 4.36. The molecule has 0 aliphatic carbocycles. The molecule has 5 nitrogen and oxygen atoms in total. The number of hydrogen-bond acceptors (Lipinski definition) is 4. The van der Waals surface area contributed by atoms with Gasteiger partial charge in [0.15, 0.2) is 0 Å². The lowest BCUT2D eigenvalue weighted by atomic mass is 10.1. The molecule has 18 heavy (non-hydrogen) atoms. The molecule has 0 unspecified atom stereocenters. The molecule has 0 radical (unpaired) electrons. The van der Waals surface area contributed by atoms with Gasteiger partial charge >= 0.3 is 0 Å². The highest BCUT2D eigenvalue weighted by Gasteiger charge is 2.24. The Balaban J connectivity index is 2.46. The van der Waals surface area contributed by atoms with E-state index in [9.17, 15) is 8.42 Å². The molecule has 0 fully saturated rings. The molecule has 0 aromatic heterocycles. The molecule has 0 saturated heterocycles. The van der Waals surface area contributed by atoms with E-state index in [0.717, 1.165) is 24.8 Å². The zero-order valence-electron chi connectivity index (χ0n) is 10.4. The lowest BCUT2D eigenvalue weighted by Crippen LogP contribution is -2.26. The zero-order chi connectivity index (χ0) is 13.2.